The highest BCUT2D eigenvalue weighted by molar-refractivity contribution is 9.10. The molecule has 0 heterocycles. The molecule has 1 aromatic rings. The zero-order valence-electron chi connectivity index (χ0n) is 9.25. The Kier molecular flexibility index (Phi) is 4.29. The van der Waals surface area contributed by atoms with Crippen LogP contribution < -0.4 is 4.72 Å². The highest BCUT2D eigenvalue weighted by Gasteiger charge is 2.13. The molecule has 0 aliphatic carbocycles. The summed E-state index contributed by atoms with van der Waals surface area (Å²) >= 11 is 3.33. The summed E-state index contributed by atoms with van der Waals surface area (Å²) in [5.74, 6) is 0. The van der Waals surface area contributed by atoms with Gasteiger partial charge in [0.05, 0.1) is 4.90 Å². The van der Waals surface area contributed by atoms with Gasteiger partial charge in [-0.05, 0) is 37.6 Å². The molecule has 0 atom stereocenters. The maximum Gasteiger partial charge on any atom is 0.240 e. The second kappa shape index (κ2) is 5.12. The van der Waals surface area contributed by atoms with E-state index >= 15 is 0 Å². The van der Waals surface area contributed by atoms with Gasteiger partial charge in [-0.3, -0.25) is 0 Å². The molecule has 0 saturated carbocycles. The molecule has 1 N–H and O–H groups in total. The quantitative estimate of drug-likeness (QED) is 0.869. The second-order valence-electron chi connectivity index (χ2n) is 3.69. The summed E-state index contributed by atoms with van der Waals surface area (Å²) in [6, 6.07) is 4.92. The Morgan fingerprint density at radius 1 is 1.50 bits per heavy atom. The van der Waals surface area contributed by atoms with E-state index in [0.717, 1.165) is 15.6 Å². The minimum absolute atomic E-state index is 0.261. The largest absolute Gasteiger partial charge is 0.240 e. The third-order valence-electron chi connectivity index (χ3n) is 2.00. The average molecular weight is 304 g/mol. The van der Waals surface area contributed by atoms with E-state index in [1.54, 1.807) is 25.1 Å². The minimum atomic E-state index is -3.43. The SMILES string of the molecule is C=C(C)CNS(=O)(=O)c1ccc(Br)c(C)c1. The molecule has 3 nitrogen and oxygen atoms in total. The third kappa shape index (κ3) is 3.43. The summed E-state index contributed by atoms with van der Waals surface area (Å²) in [6.07, 6.45) is 0. The zero-order chi connectivity index (χ0) is 12.3. The molecule has 1 rings (SSSR count). The molecular formula is C11H14BrNO2S. The van der Waals surface area contributed by atoms with Gasteiger partial charge < -0.3 is 0 Å². The highest BCUT2D eigenvalue weighted by atomic mass is 79.9. The number of sulfonamides is 1. The first-order valence-electron chi connectivity index (χ1n) is 4.73. The van der Waals surface area contributed by atoms with Gasteiger partial charge in [0.25, 0.3) is 0 Å². The second-order valence-corrected chi connectivity index (χ2v) is 6.31. The van der Waals surface area contributed by atoms with Crippen LogP contribution in [0.25, 0.3) is 0 Å². The molecule has 0 spiro atoms. The topological polar surface area (TPSA) is 46.2 Å². The van der Waals surface area contributed by atoms with Gasteiger partial charge in [-0.15, -0.1) is 0 Å². The number of benzene rings is 1. The molecule has 5 heteroatoms. The molecule has 0 amide bonds. The van der Waals surface area contributed by atoms with Crippen molar-refractivity contribution >= 4 is 26.0 Å². The maximum atomic E-state index is 11.8. The van der Waals surface area contributed by atoms with Crippen molar-refractivity contribution in [3.05, 3.63) is 40.4 Å². The predicted molar refractivity (Wildman–Crippen MR) is 68.9 cm³/mol. The van der Waals surface area contributed by atoms with Crippen molar-refractivity contribution in [1.82, 2.24) is 4.72 Å². The predicted octanol–water partition coefficient (Wildman–Crippen LogP) is 2.61. The highest BCUT2D eigenvalue weighted by Crippen LogP contribution is 2.19. The van der Waals surface area contributed by atoms with Crippen LogP contribution in [0, 0.1) is 6.92 Å². The maximum absolute atomic E-state index is 11.8. The fourth-order valence-corrected chi connectivity index (χ4v) is 2.51. The fraction of sp³-hybridized carbons (Fsp3) is 0.273. The van der Waals surface area contributed by atoms with Crippen molar-refractivity contribution in [2.45, 2.75) is 18.7 Å². The van der Waals surface area contributed by atoms with Gasteiger partial charge in [-0.25, -0.2) is 13.1 Å². The normalized spacial score (nSPS) is 11.4. The van der Waals surface area contributed by atoms with Crippen molar-refractivity contribution in [1.29, 1.82) is 0 Å². The van der Waals surface area contributed by atoms with E-state index in [1.165, 1.54) is 0 Å². The lowest BCUT2D eigenvalue weighted by atomic mass is 10.2. The van der Waals surface area contributed by atoms with Crippen LogP contribution in [0.15, 0.2) is 39.7 Å². The molecule has 0 unspecified atom stereocenters. The number of nitrogens with one attached hydrogen (secondary N) is 1. The Morgan fingerprint density at radius 3 is 2.62 bits per heavy atom. The molecule has 0 saturated heterocycles. The van der Waals surface area contributed by atoms with Gasteiger partial charge in [-0.1, -0.05) is 28.1 Å². The Bertz CT molecular complexity index is 509. The smallest absolute Gasteiger partial charge is 0.207 e. The summed E-state index contributed by atoms with van der Waals surface area (Å²) in [5.41, 5.74) is 1.66. The Labute approximate surface area is 105 Å². The third-order valence-corrected chi connectivity index (χ3v) is 4.29. The van der Waals surface area contributed by atoms with Crippen LogP contribution in [0.1, 0.15) is 12.5 Å². The molecule has 0 aromatic heterocycles. The van der Waals surface area contributed by atoms with Crippen LogP contribution in [0.2, 0.25) is 0 Å². The van der Waals surface area contributed by atoms with Crippen LogP contribution in [0.3, 0.4) is 0 Å². The lowest BCUT2D eigenvalue weighted by molar-refractivity contribution is 0.584. The molecule has 0 bridgehead atoms. The Balaban J connectivity index is 2.99. The monoisotopic (exact) mass is 303 g/mol. The van der Waals surface area contributed by atoms with E-state index in [2.05, 4.69) is 27.2 Å². The van der Waals surface area contributed by atoms with E-state index in [1.807, 2.05) is 6.92 Å². The van der Waals surface area contributed by atoms with E-state index in [0.29, 0.717) is 0 Å². The summed E-state index contributed by atoms with van der Waals surface area (Å²) in [6.45, 7) is 7.53. The molecule has 1 aromatic carbocycles. The summed E-state index contributed by atoms with van der Waals surface area (Å²) in [7, 11) is -3.43. The van der Waals surface area contributed by atoms with Gasteiger partial charge in [0.1, 0.15) is 0 Å². The molecule has 88 valence electrons. The van der Waals surface area contributed by atoms with Crippen molar-refractivity contribution in [3.8, 4) is 0 Å². The van der Waals surface area contributed by atoms with Gasteiger partial charge in [0, 0.05) is 11.0 Å². The first kappa shape index (κ1) is 13.4. The van der Waals surface area contributed by atoms with E-state index in [9.17, 15) is 8.42 Å². The summed E-state index contributed by atoms with van der Waals surface area (Å²) < 4.78 is 27.0. The molecule has 0 radical (unpaired) electrons. The molecular weight excluding hydrogens is 290 g/mol. The van der Waals surface area contributed by atoms with Gasteiger partial charge in [-0.2, -0.15) is 0 Å². The Hall–Kier alpha value is -0.650. The van der Waals surface area contributed by atoms with Crippen molar-refractivity contribution in [2.75, 3.05) is 6.54 Å². The standard InChI is InChI=1S/C11H14BrNO2S/c1-8(2)7-13-16(14,15)10-4-5-11(12)9(3)6-10/h4-6,13H,1,7H2,2-3H3. The first-order valence-corrected chi connectivity index (χ1v) is 7.01. The minimum Gasteiger partial charge on any atom is -0.207 e. The number of hydrogen-bond donors (Lipinski definition) is 1. The summed E-state index contributed by atoms with van der Waals surface area (Å²) in [4.78, 5) is 0.273. The number of hydrogen-bond acceptors (Lipinski definition) is 2. The van der Waals surface area contributed by atoms with Crippen LogP contribution in [0.5, 0.6) is 0 Å². The molecule has 0 aliphatic heterocycles. The fourth-order valence-electron chi connectivity index (χ4n) is 1.09. The van der Waals surface area contributed by atoms with E-state index in [-0.39, 0.29) is 11.4 Å². The van der Waals surface area contributed by atoms with Crippen LogP contribution in [0.4, 0.5) is 0 Å². The lowest BCUT2D eigenvalue weighted by Crippen LogP contribution is -2.25. The number of aryl methyl sites for hydroxylation is 1. The van der Waals surface area contributed by atoms with Crippen LogP contribution in [-0.2, 0) is 10.0 Å². The van der Waals surface area contributed by atoms with Gasteiger partial charge in [0.15, 0.2) is 0 Å². The van der Waals surface area contributed by atoms with Crippen molar-refractivity contribution in [3.63, 3.8) is 0 Å². The van der Waals surface area contributed by atoms with Gasteiger partial charge in [0.2, 0.25) is 10.0 Å². The lowest BCUT2D eigenvalue weighted by Gasteiger charge is -2.07. The molecule has 0 fully saturated rings. The van der Waals surface area contributed by atoms with E-state index < -0.39 is 10.0 Å². The number of halogens is 1. The van der Waals surface area contributed by atoms with E-state index in [4.69, 9.17) is 0 Å². The zero-order valence-corrected chi connectivity index (χ0v) is 11.7. The summed E-state index contributed by atoms with van der Waals surface area (Å²) in [5, 5.41) is 0. The molecule has 0 aliphatic rings. The Morgan fingerprint density at radius 2 is 2.12 bits per heavy atom. The average Bonchev–Trinajstić information content (AvgIpc) is 2.19. The molecule has 16 heavy (non-hydrogen) atoms. The number of rotatable bonds is 4. The van der Waals surface area contributed by atoms with Crippen LogP contribution in [-0.4, -0.2) is 15.0 Å². The van der Waals surface area contributed by atoms with Crippen molar-refractivity contribution in [2.24, 2.45) is 0 Å². The van der Waals surface area contributed by atoms with Crippen molar-refractivity contribution < 1.29 is 8.42 Å². The van der Waals surface area contributed by atoms with Crippen LogP contribution >= 0.6 is 15.9 Å². The first-order chi connectivity index (χ1) is 7.33. The van der Waals surface area contributed by atoms with Gasteiger partial charge >= 0.3 is 0 Å².